The van der Waals surface area contributed by atoms with Crippen molar-refractivity contribution in [3.8, 4) is 17.3 Å². The second-order valence-electron chi connectivity index (χ2n) is 3.26. The number of hydrogen-bond acceptors (Lipinski definition) is 2. The molecule has 17 heavy (non-hydrogen) atoms. The molecule has 2 nitrogen and oxygen atoms in total. The van der Waals surface area contributed by atoms with Gasteiger partial charge in [0.2, 0.25) is 0 Å². The van der Waals surface area contributed by atoms with E-state index in [4.69, 9.17) is 5.26 Å². The van der Waals surface area contributed by atoms with Gasteiger partial charge in [0, 0.05) is 17.8 Å². The van der Waals surface area contributed by atoms with Gasteiger partial charge in [-0.15, -0.1) is 0 Å². The van der Waals surface area contributed by atoms with Gasteiger partial charge in [-0.2, -0.15) is 5.26 Å². The number of nitriles is 1. The lowest BCUT2D eigenvalue weighted by atomic mass is 10.1. The van der Waals surface area contributed by atoms with Gasteiger partial charge in [0.15, 0.2) is 5.82 Å². The predicted octanol–water partition coefficient (Wildman–Crippen LogP) is 3.04. The van der Waals surface area contributed by atoms with E-state index in [1.54, 1.807) is 0 Å². The fourth-order valence-corrected chi connectivity index (χ4v) is 1.40. The van der Waals surface area contributed by atoms with Crippen LogP contribution >= 0.6 is 0 Å². The minimum atomic E-state index is -1.04. The van der Waals surface area contributed by atoms with Crippen molar-refractivity contribution in [1.29, 1.82) is 5.26 Å². The highest BCUT2D eigenvalue weighted by molar-refractivity contribution is 5.62. The first-order chi connectivity index (χ1) is 8.13. The molecule has 84 valence electrons. The summed E-state index contributed by atoms with van der Waals surface area (Å²) in [5, 5.41) is 8.60. The highest BCUT2D eigenvalue weighted by Gasteiger charge is 2.15. The van der Waals surface area contributed by atoms with Gasteiger partial charge in [-0.3, -0.25) is 4.98 Å². The topological polar surface area (TPSA) is 36.7 Å². The van der Waals surface area contributed by atoms with Crippen LogP contribution in [-0.4, -0.2) is 4.98 Å². The second-order valence-corrected chi connectivity index (χ2v) is 3.26. The molecule has 0 bridgehead atoms. The molecule has 0 N–H and O–H groups in total. The third-order valence-electron chi connectivity index (χ3n) is 2.20. The average Bonchev–Trinajstić information content (AvgIpc) is 2.29. The van der Waals surface area contributed by atoms with E-state index >= 15 is 0 Å². The summed E-state index contributed by atoms with van der Waals surface area (Å²) >= 11 is 0. The number of benzene rings is 1. The molecular formula is C12H5F3N2. The molecule has 2 rings (SSSR count). The van der Waals surface area contributed by atoms with Crippen molar-refractivity contribution in [2.75, 3.05) is 0 Å². The van der Waals surface area contributed by atoms with Gasteiger partial charge in [-0.05, 0) is 18.2 Å². The average molecular weight is 234 g/mol. The number of aromatic nitrogens is 1. The summed E-state index contributed by atoms with van der Waals surface area (Å²) in [4.78, 5) is 3.76. The summed E-state index contributed by atoms with van der Waals surface area (Å²) in [5.74, 6) is -2.58. The van der Waals surface area contributed by atoms with Crippen LogP contribution in [0, 0.1) is 28.8 Å². The van der Waals surface area contributed by atoms with E-state index in [0.29, 0.717) is 0 Å². The first-order valence-corrected chi connectivity index (χ1v) is 4.63. The zero-order valence-corrected chi connectivity index (χ0v) is 8.42. The van der Waals surface area contributed by atoms with E-state index in [9.17, 15) is 13.2 Å². The Kier molecular flexibility index (Phi) is 2.79. The molecule has 5 heteroatoms. The Hall–Kier alpha value is -2.35. The van der Waals surface area contributed by atoms with Crippen molar-refractivity contribution in [3.63, 3.8) is 0 Å². The third-order valence-corrected chi connectivity index (χ3v) is 2.20. The van der Waals surface area contributed by atoms with Crippen LogP contribution in [-0.2, 0) is 0 Å². The van der Waals surface area contributed by atoms with Gasteiger partial charge in [-0.1, -0.05) is 0 Å². The number of pyridine rings is 1. The number of hydrogen-bond donors (Lipinski definition) is 0. The molecular weight excluding hydrogens is 229 g/mol. The Morgan fingerprint density at radius 3 is 2.53 bits per heavy atom. The van der Waals surface area contributed by atoms with Gasteiger partial charge in [0.05, 0.1) is 5.69 Å². The second kappa shape index (κ2) is 4.26. The summed E-state index contributed by atoms with van der Waals surface area (Å²) < 4.78 is 39.7. The third kappa shape index (κ3) is 1.97. The maximum Gasteiger partial charge on any atom is 0.153 e. The van der Waals surface area contributed by atoms with Gasteiger partial charge < -0.3 is 0 Å². The monoisotopic (exact) mass is 234 g/mol. The number of rotatable bonds is 1. The van der Waals surface area contributed by atoms with Crippen molar-refractivity contribution in [1.82, 2.24) is 4.98 Å². The minimum absolute atomic E-state index is 0.0130. The van der Waals surface area contributed by atoms with Crippen LogP contribution in [0.2, 0.25) is 0 Å². The molecule has 1 aromatic heterocycles. The molecule has 1 heterocycles. The van der Waals surface area contributed by atoms with Crippen LogP contribution in [0.1, 0.15) is 5.56 Å². The molecule has 0 radical (unpaired) electrons. The van der Waals surface area contributed by atoms with E-state index in [1.807, 2.05) is 0 Å². The zero-order chi connectivity index (χ0) is 12.4. The fraction of sp³-hybridized carbons (Fsp3) is 0. The highest BCUT2D eigenvalue weighted by atomic mass is 19.1. The molecule has 0 fully saturated rings. The molecule has 2 aromatic rings. The molecule has 0 saturated heterocycles. The van der Waals surface area contributed by atoms with E-state index in [1.165, 1.54) is 12.3 Å². The summed E-state index contributed by atoms with van der Waals surface area (Å²) in [6.45, 7) is 0. The van der Waals surface area contributed by atoms with Crippen LogP contribution < -0.4 is 0 Å². The zero-order valence-electron chi connectivity index (χ0n) is 8.42. The van der Waals surface area contributed by atoms with Crippen LogP contribution in [0.4, 0.5) is 13.2 Å². The normalized spacial score (nSPS) is 10.0. The van der Waals surface area contributed by atoms with Crippen molar-refractivity contribution in [2.45, 2.75) is 0 Å². The lowest BCUT2D eigenvalue weighted by Crippen LogP contribution is -1.95. The lowest BCUT2D eigenvalue weighted by molar-refractivity contribution is 0.578. The van der Waals surface area contributed by atoms with Crippen LogP contribution in [0.5, 0.6) is 0 Å². The standard InChI is InChI=1S/C12H5F3N2/c13-7-3-4-17-11(5-7)8-1-2-10(14)9(6-16)12(8)15/h1-5H. The smallest absolute Gasteiger partial charge is 0.153 e. The van der Waals surface area contributed by atoms with Gasteiger partial charge in [0.25, 0.3) is 0 Å². The molecule has 0 spiro atoms. The molecule has 0 atom stereocenters. The summed E-state index contributed by atoms with van der Waals surface area (Å²) in [7, 11) is 0. The van der Waals surface area contributed by atoms with E-state index in [0.717, 1.165) is 24.3 Å². The highest BCUT2D eigenvalue weighted by Crippen LogP contribution is 2.25. The van der Waals surface area contributed by atoms with Crippen molar-refractivity contribution < 1.29 is 13.2 Å². The fourth-order valence-electron chi connectivity index (χ4n) is 1.40. The van der Waals surface area contributed by atoms with Gasteiger partial charge in [-0.25, -0.2) is 13.2 Å². The Morgan fingerprint density at radius 2 is 1.88 bits per heavy atom. The van der Waals surface area contributed by atoms with E-state index in [-0.39, 0.29) is 11.3 Å². The SMILES string of the molecule is N#Cc1c(F)ccc(-c2cc(F)ccn2)c1F. The first kappa shape index (κ1) is 11.1. The van der Waals surface area contributed by atoms with Gasteiger partial charge in [0.1, 0.15) is 23.3 Å². The van der Waals surface area contributed by atoms with Gasteiger partial charge >= 0.3 is 0 Å². The van der Waals surface area contributed by atoms with Crippen LogP contribution in [0.15, 0.2) is 30.5 Å². The van der Waals surface area contributed by atoms with Crippen LogP contribution in [0.25, 0.3) is 11.3 Å². The number of halogens is 3. The summed E-state index contributed by atoms with van der Waals surface area (Å²) in [6.07, 6.45) is 1.17. The molecule has 0 aliphatic carbocycles. The molecule has 0 unspecified atom stereocenters. The van der Waals surface area contributed by atoms with Crippen molar-refractivity contribution in [3.05, 3.63) is 53.5 Å². The molecule has 0 aliphatic heterocycles. The molecule has 0 aliphatic rings. The lowest BCUT2D eigenvalue weighted by Gasteiger charge is -2.04. The minimum Gasteiger partial charge on any atom is -0.256 e. The Bertz CT molecular complexity index is 618. The maximum absolute atomic E-state index is 13.7. The van der Waals surface area contributed by atoms with Crippen molar-refractivity contribution >= 4 is 0 Å². The van der Waals surface area contributed by atoms with E-state index in [2.05, 4.69) is 4.98 Å². The molecule has 1 aromatic carbocycles. The predicted molar refractivity (Wildman–Crippen MR) is 54.3 cm³/mol. The quantitative estimate of drug-likeness (QED) is 0.760. The Morgan fingerprint density at radius 1 is 1.12 bits per heavy atom. The molecule has 0 amide bonds. The largest absolute Gasteiger partial charge is 0.256 e. The summed E-state index contributed by atoms with van der Waals surface area (Å²) in [5.41, 5.74) is -0.796. The first-order valence-electron chi connectivity index (χ1n) is 4.63. The van der Waals surface area contributed by atoms with Crippen molar-refractivity contribution in [2.24, 2.45) is 0 Å². The Labute approximate surface area is 95.0 Å². The van der Waals surface area contributed by atoms with Crippen LogP contribution in [0.3, 0.4) is 0 Å². The van der Waals surface area contributed by atoms with E-state index < -0.39 is 23.0 Å². The summed E-state index contributed by atoms with van der Waals surface area (Å²) in [6, 6.07) is 5.60. The maximum atomic E-state index is 13.7. The molecule has 0 saturated carbocycles. The number of nitrogens with zero attached hydrogens (tertiary/aromatic N) is 2. The Balaban J connectivity index is 2.66.